The van der Waals surface area contributed by atoms with Crippen LogP contribution in [0.1, 0.15) is 69.9 Å². The van der Waals surface area contributed by atoms with E-state index >= 15 is 0 Å². The molecule has 0 fully saturated rings. The van der Waals surface area contributed by atoms with Gasteiger partial charge in [0.2, 0.25) is 5.91 Å². The summed E-state index contributed by atoms with van der Waals surface area (Å²) in [6.45, 7) is 2.94. The minimum Gasteiger partial charge on any atom is -0.755 e. The van der Waals surface area contributed by atoms with E-state index < -0.39 is 59.9 Å². The average molecular weight is 747 g/mol. The number of unbranched alkanes of at least 4 members (excludes halogenated alkanes) is 1. The number of hydrogen-bond acceptors (Lipinski definition) is 11. The quantitative estimate of drug-likeness (QED) is 0.0583. The number of amides is 1. The summed E-state index contributed by atoms with van der Waals surface area (Å²) in [5.41, 5.74) is -0.963. The third kappa shape index (κ3) is 15.0. The second-order valence-corrected chi connectivity index (χ2v) is 13.0. The summed E-state index contributed by atoms with van der Waals surface area (Å²) in [6.07, 6.45) is 6.14. The van der Waals surface area contributed by atoms with Gasteiger partial charge in [0.25, 0.3) is 0 Å². The van der Waals surface area contributed by atoms with Gasteiger partial charge in [0.15, 0.2) is 0 Å². The number of aliphatic carboxylic acids is 3. The molecule has 1 amide bonds. The second-order valence-electron chi connectivity index (χ2n) is 12.3. The molecule has 52 heavy (non-hydrogen) atoms. The van der Waals surface area contributed by atoms with Crippen molar-refractivity contribution in [2.24, 2.45) is 0 Å². The molecular formula is C33H44N7O11S-. The van der Waals surface area contributed by atoms with E-state index in [1.165, 1.54) is 13.1 Å². The third-order valence-corrected chi connectivity index (χ3v) is 8.49. The van der Waals surface area contributed by atoms with Crippen LogP contribution in [0.5, 0.6) is 5.75 Å². The molecule has 5 N–H and O–H groups in total. The molecule has 18 nitrogen and oxygen atoms in total. The molecule has 3 aromatic rings. The van der Waals surface area contributed by atoms with Gasteiger partial charge in [0.1, 0.15) is 29.7 Å². The average Bonchev–Trinajstić information content (AvgIpc) is 3.69. The summed E-state index contributed by atoms with van der Waals surface area (Å²) in [5.74, 6) is -2.37. The maximum atomic E-state index is 13.4. The van der Waals surface area contributed by atoms with E-state index in [2.05, 4.69) is 24.9 Å². The number of rotatable bonds is 26. The molecule has 0 aliphatic heterocycles. The lowest BCUT2D eigenvalue weighted by Crippen LogP contribution is -2.50. The van der Waals surface area contributed by atoms with Crippen molar-refractivity contribution in [3.63, 3.8) is 0 Å². The Kier molecular flexibility index (Phi) is 16.4. The monoisotopic (exact) mass is 746 g/mol. The Balaban J connectivity index is 1.71. The molecule has 1 unspecified atom stereocenters. The number of aromatic nitrogens is 4. The van der Waals surface area contributed by atoms with Crippen LogP contribution < -0.4 is 14.8 Å². The molecule has 0 saturated heterocycles. The fourth-order valence-corrected chi connectivity index (χ4v) is 5.89. The predicted molar refractivity (Wildman–Crippen MR) is 184 cm³/mol. The number of imidazole rings is 2. The highest BCUT2D eigenvalue weighted by Crippen LogP contribution is 2.26. The van der Waals surface area contributed by atoms with Crippen molar-refractivity contribution in [1.82, 2.24) is 29.3 Å². The summed E-state index contributed by atoms with van der Waals surface area (Å²) in [5, 5.41) is 30.7. The van der Waals surface area contributed by atoms with Crippen molar-refractivity contribution in [2.75, 3.05) is 17.9 Å². The third-order valence-electron chi connectivity index (χ3n) is 8.09. The summed E-state index contributed by atoms with van der Waals surface area (Å²) in [4.78, 5) is 70.4. The van der Waals surface area contributed by atoms with Crippen molar-refractivity contribution in [2.45, 2.75) is 90.0 Å². The highest BCUT2D eigenvalue weighted by molar-refractivity contribution is 7.80. The van der Waals surface area contributed by atoms with E-state index in [4.69, 9.17) is 4.74 Å². The summed E-state index contributed by atoms with van der Waals surface area (Å²) < 4.78 is 33.1. The second kappa shape index (κ2) is 20.6. The number of carboxylic acid groups (broad SMARTS) is 3. The Morgan fingerprint density at radius 1 is 0.846 bits per heavy atom. The fraction of sp³-hybridized carbons (Fsp3) is 0.485. The Labute approximate surface area is 302 Å². The van der Waals surface area contributed by atoms with Crippen molar-refractivity contribution < 1.29 is 52.8 Å². The largest absolute Gasteiger partial charge is 0.755 e. The fourth-order valence-electron chi connectivity index (χ4n) is 5.56. The Morgan fingerprint density at radius 2 is 1.37 bits per heavy atom. The van der Waals surface area contributed by atoms with E-state index in [0.717, 1.165) is 0 Å². The van der Waals surface area contributed by atoms with Crippen LogP contribution in [0.25, 0.3) is 0 Å². The Bertz CT molecular complexity index is 1630. The molecule has 0 aliphatic rings. The summed E-state index contributed by atoms with van der Waals surface area (Å²) in [6, 6.07) is 6.47. The van der Waals surface area contributed by atoms with Crippen LogP contribution in [-0.2, 0) is 61.4 Å². The molecule has 0 spiro atoms. The first-order chi connectivity index (χ1) is 24.7. The zero-order chi connectivity index (χ0) is 38.1. The van der Waals surface area contributed by atoms with E-state index in [-0.39, 0.29) is 44.7 Å². The molecule has 3 rings (SSSR count). The minimum absolute atomic E-state index is 0.0410. The van der Waals surface area contributed by atoms with Gasteiger partial charge in [-0.25, -0.2) is 9.97 Å². The number of nitrogens with zero attached hydrogens (tertiary/aromatic N) is 5. The first-order valence-corrected chi connectivity index (χ1v) is 17.6. The smallest absolute Gasteiger partial charge is 0.303 e. The number of ether oxygens (including phenoxy) is 1. The minimum atomic E-state index is -2.43. The van der Waals surface area contributed by atoms with Gasteiger partial charge in [-0.3, -0.25) is 33.1 Å². The highest BCUT2D eigenvalue weighted by atomic mass is 32.2. The highest BCUT2D eigenvalue weighted by Gasteiger charge is 2.34. The van der Waals surface area contributed by atoms with Crippen LogP contribution in [0, 0.1) is 0 Å². The van der Waals surface area contributed by atoms with Crippen LogP contribution in [0.2, 0.25) is 0 Å². The van der Waals surface area contributed by atoms with Crippen molar-refractivity contribution in [1.29, 1.82) is 0 Å². The van der Waals surface area contributed by atoms with Gasteiger partial charge >= 0.3 is 17.9 Å². The zero-order valence-electron chi connectivity index (χ0n) is 28.8. The maximum Gasteiger partial charge on any atom is 0.303 e. The summed E-state index contributed by atoms with van der Waals surface area (Å²) >= 11 is -2.43. The van der Waals surface area contributed by atoms with Gasteiger partial charge in [-0.15, -0.1) is 0 Å². The number of nitrogens with one attached hydrogen (secondary N) is 2. The van der Waals surface area contributed by atoms with E-state index in [9.17, 15) is 48.1 Å². The molecule has 1 aromatic carbocycles. The number of benzene rings is 1. The Hall–Kier alpha value is -5.14. The zero-order valence-corrected chi connectivity index (χ0v) is 29.6. The van der Waals surface area contributed by atoms with Gasteiger partial charge in [-0.2, -0.15) is 0 Å². The summed E-state index contributed by atoms with van der Waals surface area (Å²) in [7, 11) is 0. The molecular weight excluding hydrogens is 702 g/mol. The van der Waals surface area contributed by atoms with Crippen molar-refractivity contribution >= 4 is 46.6 Å². The SMILES string of the molecule is CC(=O)Cn1ccnc1CN(CCCCOc1ccc(NS(=O)[O-])cc1)Cc1nccn1CC(=O)NC(CCC(=O)O)(CCC(=O)O)CCC(=O)O. The molecule has 0 bridgehead atoms. The molecule has 284 valence electrons. The van der Waals surface area contributed by atoms with Crippen LogP contribution in [0.15, 0.2) is 49.1 Å². The topological polar surface area (TPSA) is 258 Å². The van der Waals surface area contributed by atoms with Gasteiger partial charge < -0.3 is 43.8 Å². The number of ketones is 1. The molecule has 19 heteroatoms. The lowest BCUT2D eigenvalue weighted by atomic mass is 9.83. The van der Waals surface area contributed by atoms with E-state index in [0.29, 0.717) is 55.6 Å². The standard InChI is InChI=1S/C33H45N7O11S/c1-24(41)20-39-17-14-34-27(39)21-38(16-2-3-19-51-26-6-4-25(5-7-26)37-52(49)50)22-28-35-15-18-40(28)23-29(42)36-33(11-8-30(43)44,12-9-31(45)46)13-10-32(47)48/h4-7,14-15,17-18,37H,2-3,8-13,16,19-23H2,1H3,(H,36,42)(H,43,44)(H,45,46)(H,47,48)(H,49,50)/p-1. The van der Waals surface area contributed by atoms with Crippen LogP contribution in [-0.4, -0.2) is 96.4 Å². The van der Waals surface area contributed by atoms with Crippen LogP contribution in [0.3, 0.4) is 0 Å². The number of Topliss-reactive ketones (excluding diaryl/α,β-unsaturated/α-hetero) is 1. The normalized spacial score (nSPS) is 12.0. The number of carbonyl (C=O) groups is 5. The number of anilines is 1. The molecule has 1 atom stereocenters. The van der Waals surface area contributed by atoms with E-state index in [1.54, 1.807) is 52.0 Å². The number of carboxylic acids is 3. The Morgan fingerprint density at radius 3 is 1.85 bits per heavy atom. The van der Waals surface area contributed by atoms with Gasteiger partial charge in [0, 0.05) is 66.5 Å². The van der Waals surface area contributed by atoms with Gasteiger partial charge in [-0.05, 0) is 69.8 Å². The van der Waals surface area contributed by atoms with E-state index in [1.807, 2.05) is 0 Å². The maximum absolute atomic E-state index is 13.4. The first kappa shape index (κ1) is 41.3. The first-order valence-electron chi connectivity index (χ1n) is 16.5. The molecule has 2 aromatic heterocycles. The molecule has 2 heterocycles. The van der Waals surface area contributed by atoms with Crippen molar-refractivity contribution in [3.8, 4) is 5.75 Å². The molecule has 0 saturated carbocycles. The van der Waals surface area contributed by atoms with Crippen LogP contribution >= 0.6 is 0 Å². The molecule has 0 radical (unpaired) electrons. The van der Waals surface area contributed by atoms with Gasteiger partial charge in [-0.1, -0.05) is 0 Å². The van der Waals surface area contributed by atoms with Crippen molar-refractivity contribution in [3.05, 3.63) is 60.7 Å². The number of carbonyl (C=O) groups excluding carboxylic acids is 2. The predicted octanol–water partition coefficient (Wildman–Crippen LogP) is 2.19. The lowest BCUT2D eigenvalue weighted by Gasteiger charge is -2.34. The lowest BCUT2D eigenvalue weighted by molar-refractivity contribution is -0.139. The number of hydrogen-bond donors (Lipinski definition) is 5. The van der Waals surface area contributed by atoms with Gasteiger partial charge in [0.05, 0.1) is 26.2 Å². The molecule has 0 aliphatic carbocycles. The van der Waals surface area contributed by atoms with Crippen LogP contribution in [0.4, 0.5) is 5.69 Å².